The van der Waals surface area contributed by atoms with E-state index in [0.717, 1.165) is 29.5 Å². The van der Waals surface area contributed by atoms with Crippen molar-refractivity contribution >= 4 is 11.0 Å². The number of hydrogen-bond acceptors (Lipinski definition) is 5. The Morgan fingerprint density at radius 3 is 2.69 bits per heavy atom. The van der Waals surface area contributed by atoms with E-state index < -0.39 is 17.4 Å². The molecule has 0 fully saturated rings. The van der Waals surface area contributed by atoms with Crippen LogP contribution in [0.4, 0.5) is 13.2 Å². The summed E-state index contributed by atoms with van der Waals surface area (Å²) in [7, 11) is 0. The SMILES string of the molecule is CCc1ccc2c(Cn3nnc(-c4cccc(C(F)(F)F)c4)n3)cc(=O)oc2c1. The van der Waals surface area contributed by atoms with Crippen LogP contribution in [0.5, 0.6) is 0 Å². The molecular formula is C20H15F3N4O2. The molecule has 2 heterocycles. The van der Waals surface area contributed by atoms with Crippen LogP contribution in [0.15, 0.2) is 57.7 Å². The van der Waals surface area contributed by atoms with Crippen molar-refractivity contribution in [3.63, 3.8) is 0 Å². The first-order valence-corrected chi connectivity index (χ1v) is 8.84. The van der Waals surface area contributed by atoms with E-state index >= 15 is 0 Å². The Morgan fingerprint density at radius 2 is 1.93 bits per heavy atom. The van der Waals surface area contributed by atoms with Crippen molar-refractivity contribution in [1.82, 2.24) is 20.2 Å². The molecule has 0 radical (unpaired) electrons. The average molecular weight is 400 g/mol. The summed E-state index contributed by atoms with van der Waals surface area (Å²) in [6, 6.07) is 11.7. The van der Waals surface area contributed by atoms with Gasteiger partial charge in [0.05, 0.1) is 12.1 Å². The summed E-state index contributed by atoms with van der Waals surface area (Å²) in [6.07, 6.45) is -3.66. The van der Waals surface area contributed by atoms with E-state index in [1.165, 1.54) is 23.0 Å². The minimum absolute atomic E-state index is 0.0663. The standard InChI is InChI=1S/C20H15F3N4O2/c1-2-12-6-7-16-14(10-18(28)29-17(16)8-12)11-27-25-19(24-26-27)13-4-3-5-15(9-13)20(21,22)23/h3-10H,2,11H2,1H3. The maximum absolute atomic E-state index is 12.9. The van der Waals surface area contributed by atoms with Gasteiger partial charge in [-0.15, -0.1) is 10.2 Å². The third kappa shape index (κ3) is 3.89. The molecule has 4 rings (SSSR count). The fourth-order valence-electron chi connectivity index (χ4n) is 3.04. The molecule has 0 unspecified atom stereocenters. The Balaban J connectivity index is 1.68. The number of nitrogens with zero attached hydrogens (tertiary/aromatic N) is 4. The molecule has 4 aromatic rings. The minimum atomic E-state index is -4.46. The zero-order chi connectivity index (χ0) is 20.6. The zero-order valence-electron chi connectivity index (χ0n) is 15.3. The van der Waals surface area contributed by atoms with Crippen LogP contribution >= 0.6 is 0 Å². The van der Waals surface area contributed by atoms with Crippen LogP contribution in [0.3, 0.4) is 0 Å². The maximum atomic E-state index is 12.9. The summed E-state index contributed by atoms with van der Waals surface area (Å²) in [5.74, 6) is 0.0663. The highest BCUT2D eigenvalue weighted by atomic mass is 19.4. The van der Waals surface area contributed by atoms with E-state index in [2.05, 4.69) is 15.4 Å². The van der Waals surface area contributed by atoms with Gasteiger partial charge in [0.1, 0.15) is 5.58 Å². The number of fused-ring (bicyclic) bond motifs is 1. The number of benzene rings is 2. The Labute approximate surface area is 162 Å². The van der Waals surface area contributed by atoms with E-state index in [4.69, 9.17) is 4.42 Å². The topological polar surface area (TPSA) is 73.8 Å². The summed E-state index contributed by atoms with van der Waals surface area (Å²) < 4.78 is 44.0. The molecule has 9 heteroatoms. The molecule has 2 aromatic heterocycles. The lowest BCUT2D eigenvalue weighted by molar-refractivity contribution is -0.137. The fraction of sp³-hybridized carbons (Fsp3) is 0.200. The average Bonchev–Trinajstić information content (AvgIpc) is 3.15. The van der Waals surface area contributed by atoms with Gasteiger partial charge in [-0.3, -0.25) is 0 Å². The lowest BCUT2D eigenvalue weighted by Gasteiger charge is -2.07. The molecule has 0 aliphatic rings. The summed E-state index contributed by atoms with van der Waals surface area (Å²) in [4.78, 5) is 13.1. The normalized spacial score (nSPS) is 11.9. The second kappa shape index (κ2) is 7.16. The van der Waals surface area contributed by atoms with Crippen molar-refractivity contribution < 1.29 is 17.6 Å². The number of hydrogen-bond donors (Lipinski definition) is 0. The van der Waals surface area contributed by atoms with Gasteiger partial charge in [0.15, 0.2) is 0 Å². The summed E-state index contributed by atoms with van der Waals surface area (Å²) in [5.41, 5.74) is 1.04. The van der Waals surface area contributed by atoms with Crippen molar-refractivity contribution in [1.29, 1.82) is 0 Å². The van der Waals surface area contributed by atoms with Gasteiger partial charge in [-0.05, 0) is 41.0 Å². The van der Waals surface area contributed by atoms with Crippen molar-refractivity contribution in [2.75, 3.05) is 0 Å². The molecule has 2 aromatic carbocycles. The highest BCUT2D eigenvalue weighted by Crippen LogP contribution is 2.31. The van der Waals surface area contributed by atoms with Gasteiger partial charge in [-0.1, -0.05) is 31.2 Å². The van der Waals surface area contributed by atoms with Gasteiger partial charge in [-0.2, -0.15) is 18.0 Å². The second-order valence-electron chi connectivity index (χ2n) is 6.50. The predicted molar refractivity (Wildman–Crippen MR) is 99.2 cm³/mol. The molecule has 6 nitrogen and oxygen atoms in total. The van der Waals surface area contributed by atoms with Gasteiger partial charge in [0, 0.05) is 17.0 Å². The minimum Gasteiger partial charge on any atom is -0.423 e. The van der Waals surface area contributed by atoms with Crippen LogP contribution in [0.25, 0.3) is 22.4 Å². The molecule has 0 amide bonds. The van der Waals surface area contributed by atoms with E-state index in [-0.39, 0.29) is 17.9 Å². The van der Waals surface area contributed by atoms with Crippen LogP contribution in [0.1, 0.15) is 23.6 Å². The maximum Gasteiger partial charge on any atom is 0.416 e. The molecule has 148 valence electrons. The van der Waals surface area contributed by atoms with Crippen LogP contribution in [0, 0.1) is 0 Å². The molecule has 0 atom stereocenters. The van der Waals surface area contributed by atoms with E-state index in [9.17, 15) is 18.0 Å². The van der Waals surface area contributed by atoms with Crippen LogP contribution in [-0.2, 0) is 19.1 Å². The van der Waals surface area contributed by atoms with Crippen molar-refractivity contribution in [3.8, 4) is 11.4 Å². The monoisotopic (exact) mass is 400 g/mol. The second-order valence-corrected chi connectivity index (χ2v) is 6.50. The number of aryl methyl sites for hydroxylation is 1. The molecule has 0 aliphatic heterocycles. The van der Waals surface area contributed by atoms with E-state index in [0.29, 0.717) is 11.1 Å². The third-order valence-corrected chi connectivity index (χ3v) is 4.52. The first kappa shape index (κ1) is 18.9. The number of rotatable bonds is 4. The Bertz CT molecular complexity index is 1240. The molecule has 0 N–H and O–H groups in total. The van der Waals surface area contributed by atoms with Gasteiger partial charge >= 0.3 is 11.8 Å². The molecule has 0 saturated heterocycles. The number of aromatic nitrogens is 4. The molecule has 0 spiro atoms. The smallest absolute Gasteiger partial charge is 0.416 e. The Kier molecular flexibility index (Phi) is 4.65. The van der Waals surface area contributed by atoms with Crippen molar-refractivity contribution in [2.45, 2.75) is 26.1 Å². The third-order valence-electron chi connectivity index (χ3n) is 4.52. The number of halogens is 3. The van der Waals surface area contributed by atoms with Crippen molar-refractivity contribution in [2.24, 2.45) is 0 Å². The highest BCUT2D eigenvalue weighted by Gasteiger charge is 2.30. The van der Waals surface area contributed by atoms with Gasteiger partial charge in [0.25, 0.3) is 0 Å². The van der Waals surface area contributed by atoms with Crippen LogP contribution in [0.2, 0.25) is 0 Å². The number of tetrazole rings is 1. The predicted octanol–water partition coefficient (Wildman–Crippen LogP) is 4.08. The zero-order valence-corrected chi connectivity index (χ0v) is 15.3. The summed E-state index contributed by atoms with van der Waals surface area (Å²) in [5, 5.41) is 12.7. The Morgan fingerprint density at radius 1 is 1.10 bits per heavy atom. The quantitative estimate of drug-likeness (QED) is 0.483. The van der Waals surface area contributed by atoms with Crippen LogP contribution in [-0.4, -0.2) is 20.2 Å². The first-order chi connectivity index (χ1) is 13.8. The molecule has 0 saturated carbocycles. The lowest BCUT2D eigenvalue weighted by Crippen LogP contribution is -2.08. The van der Waals surface area contributed by atoms with Gasteiger partial charge in [0.2, 0.25) is 5.82 Å². The van der Waals surface area contributed by atoms with Gasteiger partial charge in [-0.25, -0.2) is 4.79 Å². The molecular weight excluding hydrogens is 385 g/mol. The first-order valence-electron chi connectivity index (χ1n) is 8.84. The summed E-state index contributed by atoms with van der Waals surface area (Å²) >= 11 is 0. The van der Waals surface area contributed by atoms with E-state index in [1.807, 2.05) is 25.1 Å². The molecule has 29 heavy (non-hydrogen) atoms. The largest absolute Gasteiger partial charge is 0.423 e. The molecule has 0 bridgehead atoms. The highest BCUT2D eigenvalue weighted by molar-refractivity contribution is 5.80. The van der Waals surface area contributed by atoms with Gasteiger partial charge < -0.3 is 4.42 Å². The van der Waals surface area contributed by atoms with Crippen molar-refractivity contribution in [3.05, 3.63) is 75.6 Å². The van der Waals surface area contributed by atoms with Crippen LogP contribution < -0.4 is 5.63 Å². The Hall–Kier alpha value is -3.49. The lowest BCUT2D eigenvalue weighted by atomic mass is 10.1. The summed E-state index contributed by atoms with van der Waals surface area (Å²) in [6.45, 7) is 2.12. The molecule has 0 aliphatic carbocycles. The van der Waals surface area contributed by atoms with E-state index in [1.54, 1.807) is 0 Å². The fourth-order valence-corrected chi connectivity index (χ4v) is 3.04. The number of alkyl halides is 3.